The second-order valence-electron chi connectivity index (χ2n) is 4.30. The van der Waals surface area contributed by atoms with Gasteiger partial charge in [-0.15, -0.1) is 11.3 Å². The van der Waals surface area contributed by atoms with E-state index in [1.54, 1.807) is 6.07 Å². The van der Waals surface area contributed by atoms with E-state index in [0.717, 1.165) is 17.2 Å². The summed E-state index contributed by atoms with van der Waals surface area (Å²) in [7, 11) is -3.83. The number of hydrogen-bond acceptors (Lipinski definition) is 5. The molecule has 21 heavy (non-hydrogen) atoms. The first-order valence-electron chi connectivity index (χ1n) is 5.78. The maximum atomic E-state index is 12.1. The quantitative estimate of drug-likeness (QED) is 0.665. The second-order valence-corrected chi connectivity index (χ2v) is 7.94. The molecule has 0 spiro atoms. The lowest BCUT2D eigenvalue weighted by Gasteiger charge is -2.05. The first kappa shape index (κ1) is 15.9. The van der Waals surface area contributed by atoms with Crippen molar-refractivity contribution in [2.45, 2.75) is 17.7 Å². The van der Waals surface area contributed by atoms with Gasteiger partial charge in [0.15, 0.2) is 4.34 Å². The van der Waals surface area contributed by atoms with Crippen LogP contribution in [0, 0.1) is 17.0 Å². The lowest BCUT2D eigenvalue weighted by Crippen LogP contribution is -2.22. The lowest BCUT2D eigenvalue weighted by molar-refractivity contribution is -0.384. The summed E-state index contributed by atoms with van der Waals surface area (Å²) < 4.78 is 26.3. The molecule has 2 aromatic rings. The van der Waals surface area contributed by atoms with Gasteiger partial charge in [0.2, 0.25) is 0 Å². The van der Waals surface area contributed by atoms with Crippen molar-refractivity contribution in [3.05, 3.63) is 55.9 Å². The van der Waals surface area contributed by atoms with Crippen LogP contribution in [0.3, 0.4) is 0 Å². The van der Waals surface area contributed by atoms with Crippen molar-refractivity contribution in [1.29, 1.82) is 0 Å². The van der Waals surface area contributed by atoms with Crippen LogP contribution in [0.4, 0.5) is 5.69 Å². The molecule has 0 aliphatic carbocycles. The Balaban J connectivity index is 2.19. The summed E-state index contributed by atoms with van der Waals surface area (Å²) in [5.74, 6) is 0. The maximum Gasteiger partial charge on any atom is 0.300 e. The summed E-state index contributed by atoms with van der Waals surface area (Å²) in [6.45, 7) is 2.01. The van der Waals surface area contributed by atoms with Crippen molar-refractivity contribution in [2.75, 3.05) is 0 Å². The predicted molar refractivity (Wildman–Crippen MR) is 81.2 cm³/mol. The summed E-state index contributed by atoms with van der Waals surface area (Å²) in [5.41, 5.74) is 1.41. The minimum absolute atomic E-state index is 0.104. The van der Waals surface area contributed by atoms with E-state index in [9.17, 15) is 18.5 Å². The first-order chi connectivity index (χ1) is 9.79. The molecule has 0 aliphatic rings. The topological polar surface area (TPSA) is 89.3 Å². The Morgan fingerprint density at radius 2 is 2.10 bits per heavy atom. The Kier molecular flexibility index (Phi) is 4.62. The van der Waals surface area contributed by atoms with Gasteiger partial charge < -0.3 is 0 Å². The molecule has 0 aliphatic heterocycles. The van der Waals surface area contributed by atoms with Gasteiger partial charge in [-0.1, -0.05) is 41.4 Å². The van der Waals surface area contributed by atoms with Gasteiger partial charge in [-0.25, -0.2) is 13.1 Å². The number of hydrogen-bond donors (Lipinski definition) is 1. The van der Waals surface area contributed by atoms with Gasteiger partial charge in [0.1, 0.15) is 4.21 Å². The molecule has 1 N–H and O–H groups in total. The normalized spacial score (nSPS) is 11.5. The second kappa shape index (κ2) is 6.10. The van der Waals surface area contributed by atoms with Gasteiger partial charge in [-0.05, 0) is 12.5 Å². The van der Waals surface area contributed by atoms with Crippen molar-refractivity contribution in [2.24, 2.45) is 0 Å². The van der Waals surface area contributed by atoms with E-state index in [1.807, 2.05) is 25.1 Å². The van der Waals surface area contributed by atoms with E-state index in [1.165, 1.54) is 0 Å². The molecule has 1 aromatic heterocycles. The average molecular weight is 347 g/mol. The van der Waals surface area contributed by atoms with E-state index in [-0.39, 0.29) is 15.1 Å². The highest BCUT2D eigenvalue weighted by molar-refractivity contribution is 7.91. The molecule has 9 heteroatoms. The predicted octanol–water partition coefficient (Wildman–Crippen LogP) is 3.10. The SMILES string of the molecule is Cc1cccc(CNS(=O)(=O)c2cc([N+](=O)[O-])c(Cl)s2)c1. The fourth-order valence-corrected chi connectivity index (χ4v) is 4.39. The molecule has 0 unspecified atom stereocenters. The molecule has 0 atom stereocenters. The third-order valence-electron chi connectivity index (χ3n) is 2.66. The van der Waals surface area contributed by atoms with Gasteiger partial charge in [-0.2, -0.15) is 0 Å². The third-order valence-corrected chi connectivity index (χ3v) is 5.87. The molecular formula is C12H11ClN2O4S2. The third kappa shape index (κ3) is 3.79. The summed E-state index contributed by atoms with van der Waals surface area (Å²) >= 11 is 6.33. The summed E-state index contributed by atoms with van der Waals surface area (Å²) in [4.78, 5) is 9.98. The van der Waals surface area contributed by atoms with Crippen molar-refractivity contribution in [1.82, 2.24) is 4.72 Å². The number of halogens is 1. The smallest absolute Gasteiger partial charge is 0.258 e. The Morgan fingerprint density at radius 1 is 1.38 bits per heavy atom. The van der Waals surface area contributed by atoms with Crippen LogP contribution in [0.1, 0.15) is 11.1 Å². The lowest BCUT2D eigenvalue weighted by atomic mass is 10.1. The first-order valence-corrected chi connectivity index (χ1v) is 8.46. The van der Waals surface area contributed by atoms with E-state index < -0.39 is 20.6 Å². The molecular weight excluding hydrogens is 336 g/mol. The molecule has 0 radical (unpaired) electrons. The number of benzene rings is 1. The summed E-state index contributed by atoms with van der Waals surface area (Å²) in [6, 6.07) is 8.34. The molecule has 6 nitrogen and oxygen atoms in total. The van der Waals surface area contributed by atoms with Crippen LogP contribution < -0.4 is 4.72 Å². The standard InChI is InChI=1S/C12H11ClN2O4S2/c1-8-3-2-4-9(5-8)7-14-21(18,19)11-6-10(15(16)17)12(13)20-11/h2-6,14H,7H2,1H3. The molecule has 1 aromatic carbocycles. The number of sulfonamides is 1. The van der Waals surface area contributed by atoms with Crippen LogP contribution >= 0.6 is 22.9 Å². The fraction of sp³-hybridized carbons (Fsp3) is 0.167. The molecule has 112 valence electrons. The molecule has 1 heterocycles. The summed E-state index contributed by atoms with van der Waals surface area (Å²) in [6.07, 6.45) is 0. The number of nitro groups is 1. The molecule has 0 amide bonds. The maximum absolute atomic E-state index is 12.1. The largest absolute Gasteiger partial charge is 0.300 e. The van der Waals surface area contributed by atoms with Gasteiger partial charge in [0.25, 0.3) is 15.7 Å². The molecule has 0 saturated carbocycles. The zero-order valence-corrected chi connectivity index (χ0v) is 13.3. The number of nitrogens with zero attached hydrogens (tertiary/aromatic N) is 1. The summed E-state index contributed by atoms with van der Waals surface area (Å²) in [5, 5.41) is 10.7. The Bertz CT molecular complexity index is 786. The fourth-order valence-electron chi connectivity index (χ4n) is 1.67. The van der Waals surface area contributed by atoms with Gasteiger partial charge in [0.05, 0.1) is 4.92 Å². The number of thiophene rings is 1. The van der Waals surface area contributed by atoms with Crippen LogP contribution in [-0.2, 0) is 16.6 Å². The van der Waals surface area contributed by atoms with Crippen molar-refractivity contribution < 1.29 is 13.3 Å². The number of aryl methyl sites for hydroxylation is 1. The Labute approximate surface area is 130 Å². The van der Waals surface area contributed by atoms with E-state index in [2.05, 4.69) is 4.72 Å². The van der Waals surface area contributed by atoms with Crippen LogP contribution in [0.5, 0.6) is 0 Å². The molecule has 0 fully saturated rings. The van der Waals surface area contributed by atoms with Crippen LogP contribution in [0.25, 0.3) is 0 Å². The minimum atomic E-state index is -3.83. The van der Waals surface area contributed by atoms with E-state index in [4.69, 9.17) is 11.6 Å². The number of rotatable bonds is 5. The highest BCUT2D eigenvalue weighted by atomic mass is 35.5. The van der Waals surface area contributed by atoms with Crippen LogP contribution in [-0.4, -0.2) is 13.3 Å². The van der Waals surface area contributed by atoms with Crippen molar-refractivity contribution >= 4 is 38.6 Å². The van der Waals surface area contributed by atoms with Gasteiger partial charge in [0, 0.05) is 12.6 Å². The molecule has 0 bridgehead atoms. The minimum Gasteiger partial charge on any atom is -0.258 e. The van der Waals surface area contributed by atoms with Crippen molar-refractivity contribution in [3.8, 4) is 0 Å². The highest BCUT2D eigenvalue weighted by Crippen LogP contribution is 2.36. The van der Waals surface area contributed by atoms with E-state index >= 15 is 0 Å². The zero-order chi connectivity index (χ0) is 15.6. The molecule has 0 saturated heterocycles. The molecule has 2 rings (SSSR count). The monoisotopic (exact) mass is 346 g/mol. The van der Waals surface area contributed by atoms with Crippen LogP contribution in [0.2, 0.25) is 4.34 Å². The Morgan fingerprint density at radius 3 is 2.67 bits per heavy atom. The van der Waals surface area contributed by atoms with Crippen molar-refractivity contribution in [3.63, 3.8) is 0 Å². The van der Waals surface area contributed by atoms with Gasteiger partial charge >= 0.3 is 0 Å². The van der Waals surface area contributed by atoms with Crippen LogP contribution in [0.15, 0.2) is 34.5 Å². The van der Waals surface area contributed by atoms with Gasteiger partial charge in [-0.3, -0.25) is 10.1 Å². The number of nitrogens with one attached hydrogen (secondary N) is 1. The average Bonchev–Trinajstić information content (AvgIpc) is 2.80. The van der Waals surface area contributed by atoms with E-state index in [0.29, 0.717) is 11.3 Å². The zero-order valence-electron chi connectivity index (χ0n) is 10.9. The Hall–Kier alpha value is -1.48. The highest BCUT2D eigenvalue weighted by Gasteiger charge is 2.24.